The van der Waals surface area contributed by atoms with E-state index in [1.165, 1.54) is 6.07 Å². The Balaban J connectivity index is 1.47. The highest BCUT2D eigenvalue weighted by Gasteiger charge is 2.12. The minimum absolute atomic E-state index is 0.0184. The summed E-state index contributed by atoms with van der Waals surface area (Å²) in [6.45, 7) is 0. The van der Waals surface area contributed by atoms with Crippen molar-refractivity contribution in [3.8, 4) is 11.4 Å². The van der Waals surface area contributed by atoms with Crippen molar-refractivity contribution < 1.29 is 13.6 Å². The first kappa shape index (κ1) is 20.4. The third-order valence-corrected chi connectivity index (χ3v) is 5.35. The van der Waals surface area contributed by atoms with Crippen molar-refractivity contribution in [2.24, 2.45) is 0 Å². The third kappa shape index (κ3) is 4.48. The average Bonchev–Trinajstić information content (AvgIpc) is 3.14. The number of imidazole rings is 1. The molecule has 0 amide bonds. The molecule has 30 heavy (non-hydrogen) atoms. The Kier molecular flexibility index (Phi) is 5.76. The number of aryl methyl sites for hydroxylation is 1. The van der Waals surface area contributed by atoms with E-state index in [1.54, 1.807) is 6.20 Å². The Labute approximate surface area is 184 Å². The maximum absolute atomic E-state index is 13.3. The quantitative estimate of drug-likeness (QED) is 0.358. The van der Waals surface area contributed by atoms with Gasteiger partial charge in [0.25, 0.3) is 0 Å². The first-order valence-corrected chi connectivity index (χ1v) is 10.3. The number of halogens is 3. The first-order chi connectivity index (χ1) is 14.4. The number of pyridine rings is 1. The van der Waals surface area contributed by atoms with Crippen molar-refractivity contribution in [3.63, 3.8) is 0 Å². The van der Waals surface area contributed by atoms with E-state index in [9.17, 15) is 13.6 Å². The van der Waals surface area contributed by atoms with E-state index in [4.69, 9.17) is 5.73 Å². The molecule has 0 radical (unpaired) electrons. The fraction of sp³-hybridized carbons (Fsp3) is 0.136. The molecule has 2 heterocycles. The molecule has 0 aliphatic heterocycles. The molecule has 0 aliphatic rings. The Morgan fingerprint density at radius 3 is 2.67 bits per heavy atom. The van der Waals surface area contributed by atoms with Gasteiger partial charge in [-0.05, 0) is 70.5 Å². The number of hydrogen-bond donors (Lipinski definition) is 2. The van der Waals surface area contributed by atoms with Crippen molar-refractivity contribution in [2.45, 2.75) is 19.3 Å². The van der Waals surface area contributed by atoms with E-state index in [0.29, 0.717) is 23.6 Å². The zero-order valence-electron chi connectivity index (χ0n) is 15.8. The number of nitrogens with zero attached hydrogens (tertiary/aromatic N) is 2. The lowest BCUT2D eigenvalue weighted by Crippen LogP contribution is -2.04. The fourth-order valence-corrected chi connectivity index (χ4v) is 3.68. The monoisotopic (exact) mass is 518 g/mol. The molecule has 0 fully saturated rings. The van der Waals surface area contributed by atoms with Gasteiger partial charge in [0.05, 0.1) is 16.6 Å². The van der Waals surface area contributed by atoms with Crippen LogP contribution in [0.4, 0.5) is 14.6 Å². The maximum atomic E-state index is 13.3. The standard InChI is InChI=1S/C22H17F2IN4O/c23-17-5-2-12(8-18(17)24)1-4-15(30)7-13-3-6-19-20(9-13)29-22(28-19)16-10-14(25)11-27-21(16)26/h2-3,5-6,8-11H,1,4,7H2,(H2,26,27)(H,28,29). The number of benzene rings is 2. The molecule has 0 aliphatic carbocycles. The number of aromatic amines is 1. The molecule has 4 aromatic rings. The average molecular weight is 518 g/mol. The molecule has 0 spiro atoms. The Morgan fingerprint density at radius 1 is 1.07 bits per heavy atom. The number of carbonyl (C=O) groups excluding carboxylic acids is 1. The molecule has 0 saturated heterocycles. The SMILES string of the molecule is Nc1ncc(I)cc1-c1nc2ccc(CC(=O)CCc3ccc(F)c(F)c3)cc2[nH]1. The number of hydrogen-bond acceptors (Lipinski definition) is 4. The molecule has 0 bridgehead atoms. The maximum Gasteiger partial charge on any atom is 0.159 e. The van der Waals surface area contributed by atoms with Gasteiger partial charge in [-0.2, -0.15) is 0 Å². The number of rotatable bonds is 6. The number of fused-ring (bicyclic) bond motifs is 1. The topological polar surface area (TPSA) is 84.7 Å². The minimum Gasteiger partial charge on any atom is -0.383 e. The second kappa shape index (κ2) is 8.47. The minimum atomic E-state index is -0.899. The summed E-state index contributed by atoms with van der Waals surface area (Å²) < 4.78 is 27.2. The summed E-state index contributed by atoms with van der Waals surface area (Å²) in [6, 6.07) is 11.2. The van der Waals surface area contributed by atoms with E-state index < -0.39 is 11.6 Å². The second-order valence-corrected chi connectivity index (χ2v) is 8.23. The van der Waals surface area contributed by atoms with Crippen LogP contribution in [0.5, 0.6) is 0 Å². The number of ketones is 1. The smallest absolute Gasteiger partial charge is 0.159 e. The van der Waals surface area contributed by atoms with E-state index in [1.807, 2.05) is 24.3 Å². The Hall–Kier alpha value is -2.88. The summed E-state index contributed by atoms with van der Waals surface area (Å²) in [5.74, 6) is -0.758. The Bertz CT molecular complexity index is 1260. The normalized spacial score (nSPS) is 11.2. The van der Waals surface area contributed by atoms with Crippen molar-refractivity contribution in [2.75, 3.05) is 5.73 Å². The van der Waals surface area contributed by atoms with E-state index in [2.05, 4.69) is 37.5 Å². The highest BCUT2D eigenvalue weighted by molar-refractivity contribution is 14.1. The number of Topliss-reactive ketones (excluding diaryl/α,β-unsaturated/α-hetero) is 1. The van der Waals surface area contributed by atoms with Gasteiger partial charge in [0.2, 0.25) is 0 Å². The summed E-state index contributed by atoms with van der Waals surface area (Å²) >= 11 is 2.16. The van der Waals surface area contributed by atoms with Crippen LogP contribution in [0.3, 0.4) is 0 Å². The van der Waals surface area contributed by atoms with Crippen LogP contribution < -0.4 is 5.73 Å². The lowest BCUT2D eigenvalue weighted by molar-refractivity contribution is -0.118. The van der Waals surface area contributed by atoms with Crippen LogP contribution in [-0.2, 0) is 17.6 Å². The third-order valence-electron chi connectivity index (χ3n) is 4.76. The van der Waals surface area contributed by atoms with Crippen LogP contribution in [0.1, 0.15) is 17.5 Å². The summed E-state index contributed by atoms with van der Waals surface area (Å²) in [6.07, 6.45) is 2.56. The lowest BCUT2D eigenvalue weighted by Gasteiger charge is -2.03. The molecular formula is C22H17F2IN4O. The molecule has 0 unspecified atom stereocenters. The van der Waals surface area contributed by atoms with Gasteiger partial charge in [0, 0.05) is 22.6 Å². The number of nitrogen functional groups attached to an aromatic ring is 1. The molecule has 0 atom stereocenters. The van der Waals surface area contributed by atoms with Crippen molar-refractivity contribution in [1.82, 2.24) is 15.0 Å². The molecular weight excluding hydrogens is 501 g/mol. The van der Waals surface area contributed by atoms with Gasteiger partial charge in [-0.3, -0.25) is 4.79 Å². The number of carbonyl (C=O) groups is 1. The number of anilines is 1. The summed E-state index contributed by atoms with van der Waals surface area (Å²) in [7, 11) is 0. The van der Waals surface area contributed by atoms with Gasteiger partial charge in [0.1, 0.15) is 17.4 Å². The van der Waals surface area contributed by atoms with Crippen LogP contribution >= 0.6 is 22.6 Å². The van der Waals surface area contributed by atoms with Gasteiger partial charge in [-0.25, -0.2) is 18.7 Å². The molecule has 0 saturated carbocycles. The van der Waals surface area contributed by atoms with E-state index >= 15 is 0 Å². The van der Waals surface area contributed by atoms with Crippen molar-refractivity contribution in [3.05, 3.63) is 75.0 Å². The van der Waals surface area contributed by atoms with Gasteiger partial charge < -0.3 is 10.7 Å². The molecule has 5 nitrogen and oxygen atoms in total. The zero-order valence-corrected chi connectivity index (χ0v) is 17.9. The highest BCUT2D eigenvalue weighted by Crippen LogP contribution is 2.26. The predicted octanol–water partition coefficient (Wildman–Crippen LogP) is 4.83. The van der Waals surface area contributed by atoms with Crippen LogP contribution in [-0.4, -0.2) is 20.7 Å². The van der Waals surface area contributed by atoms with Crippen molar-refractivity contribution >= 4 is 45.2 Å². The van der Waals surface area contributed by atoms with Crippen LogP contribution in [0, 0.1) is 15.2 Å². The van der Waals surface area contributed by atoms with Crippen LogP contribution in [0.15, 0.2) is 48.7 Å². The van der Waals surface area contributed by atoms with E-state index in [0.717, 1.165) is 37.9 Å². The summed E-state index contributed by atoms with van der Waals surface area (Å²) in [4.78, 5) is 24.3. The van der Waals surface area contributed by atoms with Crippen molar-refractivity contribution in [1.29, 1.82) is 0 Å². The molecule has 2 aromatic heterocycles. The molecule has 4 rings (SSSR count). The van der Waals surface area contributed by atoms with Gasteiger partial charge in [0.15, 0.2) is 11.6 Å². The van der Waals surface area contributed by atoms with E-state index in [-0.39, 0.29) is 18.6 Å². The molecule has 8 heteroatoms. The van der Waals surface area contributed by atoms with Crippen LogP contribution in [0.25, 0.3) is 22.4 Å². The predicted molar refractivity (Wildman–Crippen MR) is 120 cm³/mol. The number of nitrogens with one attached hydrogen (secondary N) is 1. The molecule has 2 aromatic carbocycles. The second-order valence-electron chi connectivity index (χ2n) is 6.99. The van der Waals surface area contributed by atoms with Gasteiger partial charge >= 0.3 is 0 Å². The number of aromatic nitrogens is 3. The van der Waals surface area contributed by atoms with Gasteiger partial charge in [-0.1, -0.05) is 12.1 Å². The fourth-order valence-electron chi connectivity index (χ4n) is 3.23. The van der Waals surface area contributed by atoms with Gasteiger partial charge in [-0.15, -0.1) is 0 Å². The zero-order chi connectivity index (χ0) is 21.3. The Morgan fingerprint density at radius 2 is 1.87 bits per heavy atom. The summed E-state index contributed by atoms with van der Waals surface area (Å²) in [5.41, 5.74) is 9.71. The molecule has 3 N–H and O–H groups in total. The number of H-pyrrole nitrogens is 1. The first-order valence-electron chi connectivity index (χ1n) is 9.25. The summed E-state index contributed by atoms with van der Waals surface area (Å²) in [5, 5.41) is 0. The lowest BCUT2D eigenvalue weighted by atomic mass is 10.0. The number of nitrogens with two attached hydrogens (primary N) is 1. The largest absolute Gasteiger partial charge is 0.383 e. The highest BCUT2D eigenvalue weighted by atomic mass is 127. The van der Waals surface area contributed by atoms with Crippen LogP contribution in [0.2, 0.25) is 0 Å². The molecule has 152 valence electrons.